The van der Waals surface area contributed by atoms with Gasteiger partial charge in [-0.1, -0.05) is 0 Å². The summed E-state index contributed by atoms with van der Waals surface area (Å²) in [6.45, 7) is 0. The molecule has 0 spiro atoms. The van der Waals surface area contributed by atoms with Gasteiger partial charge < -0.3 is 14.0 Å². The van der Waals surface area contributed by atoms with Gasteiger partial charge in [0, 0.05) is 17.6 Å². The van der Waals surface area contributed by atoms with Crippen molar-refractivity contribution in [2.75, 3.05) is 4.72 Å². The minimum Gasteiger partial charge on any atom is -0.406 e. The molecule has 0 radical (unpaired) electrons. The Morgan fingerprint density at radius 3 is 2.54 bits per heavy atom. The highest BCUT2D eigenvalue weighted by atomic mass is 35.5. The van der Waals surface area contributed by atoms with E-state index in [0.717, 1.165) is 12.1 Å². The van der Waals surface area contributed by atoms with Gasteiger partial charge in [0.2, 0.25) is 0 Å². The van der Waals surface area contributed by atoms with Gasteiger partial charge >= 0.3 is 12.7 Å². The Kier molecular flexibility index (Phi) is 5.10. The molecule has 3 aromatic rings. The Balaban J connectivity index is 1.88. The minimum absolute atomic E-state index is 0.0499. The Hall–Kier alpha value is -2.61. The molecule has 1 atom stereocenters. The quantitative estimate of drug-likeness (QED) is 0.567. The van der Waals surface area contributed by atoms with Gasteiger partial charge in [-0.05, 0) is 12.1 Å². The molecule has 3 rings (SSSR count). The van der Waals surface area contributed by atoms with Crippen molar-refractivity contribution in [2.24, 2.45) is 0 Å². The zero-order valence-electron chi connectivity index (χ0n) is 13.1. The van der Waals surface area contributed by atoms with Crippen LogP contribution in [0.4, 0.5) is 32.0 Å². The maximum Gasteiger partial charge on any atom is 0.573 e. The lowest BCUT2D eigenvalue weighted by Gasteiger charge is -2.10. The maximum absolute atomic E-state index is 12.8. The highest BCUT2D eigenvalue weighted by Gasteiger charge is 2.37. The highest BCUT2D eigenvalue weighted by molar-refractivity contribution is 7.86. The van der Waals surface area contributed by atoms with Crippen LogP contribution in [0.1, 0.15) is 0 Å². The fraction of sp³-hybridized carbons (Fsp3) is 0.154. The van der Waals surface area contributed by atoms with Gasteiger partial charge in [-0.2, -0.15) is 5.10 Å². The second kappa shape index (κ2) is 7.09. The molecule has 2 aromatic heterocycles. The number of alkyl halides is 6. The number of benzene rings is 1. The lowest BCUT2D eigenvalue weighted by molar-refractivity contribution is -0.274. The number of H-pyrrole nitrogens is 1. The first-order valence-electron chi connectivity index (χ1n) is 6.98. The van der Waals surface area contributed by atoms with Crippen LogP contribution in [0.2, 0.25) is 0 Å². The van der Waals surface area contributed by atoms with Crippen molar-refractivity contribution in [1.82, 2.24) is 14.8 Å². The smallest absolute Gasteiger partial charge is 0.406 e. The summed E-state index contributed by atoms with van der Waals surface area (Å²) in [7, 11) is -2.13. The number of hydrogen-bond donors (Lipinski definition) is 2. The summed E-state index contributed by atoms with van der Waals surface area (Å²) < 4.78 is 97.3. The molecular formula is C13H7ClF6N4O3S. The monoisotopic (exact) mass is 448 g/mol. The van der Waals surface area contributed by atoms with E-state index in [1.807, 2.05) is 0 Å². The molecule has 2 heterocycles. The number of ether oxygens (including phenoxy) is 1. The first kappa shape index (κ1) is 20.1. The van der Waals surface area contributed by atoms with Crippen LogP contribution >= 0.6 is 11.9 Å². The summed E-state index contributed by atoms with van der Waals surface area (Å²) >= 11 is 5.05. The molecule has 0 saturated carbocycles. The number of nitrogens with one attached hydrogen (secondary N) is 2. The molecule has 152 valence electrons. The average molecular weight is 449 g/mol. The van der Waals surface area contributed by atoms with E-state index in [4.69, 9.17) is 11.9 Å². The number of rotatable bonds is 5. The zero-order valence-corrected chi connectivity index (χ0v) is 14.6. The molecule has 0 aliphatic carbocycles. The van der Waals surface area contributed by atoms with Gasteiger partial charge in [-0.15, -0.1) is 31.0 Å². The molecule has 0 fully saturated rings. The number of nitrogens with zero attached hydrogens (tertiary/aromatic N) is 2. The van der Waals surface area contributed by atoms with Crippen molar-refractivity contribution in [3.63, 3.8) is 0 Å². The van der Waals surface area contributed by atoms with Crippen LogP contribution < -0.4 is 13.7 Å². The third-order valence-electron chi connectivity index (χ3n) is 3.29. The van der Waals surface area contributed by atoms with E-state index in [2.05, 4.69) is 23.8 Å². The predicted molar refractivity (Wildman–Crippen MR) is 85.0 cm³/mol. The Morgan fingerprint density at radius 2 is 1.93 bits per heavy atom. The van der Waals surface area contributed by atoms with Gasteiger partial charge in [-0.25, -0.2) is 4.21 Å². The molecule has 28 heavy (non-hydrogen) atoms. The Bertz CT molecular complexity index is 1030. The van der Waals surface area contributed by atoms with Crippen molar-refractivity contribution >= 4 is 39.4 Å². The molecule has 7 nitrogen and oxygen atoms in total. The van der Waals surface area contributed by atoms with E-state index < -0.39 is 45.6 Å². The van der Waals surface area contributed by atoms with Crippen LogP contribution in [0.3, 0.4) is 0 Å². The molecule has 0 bridgehead atoms. The van der Waals surface area contributed by atoms with Gasteiger partial charge in [0.05, 0.1) is 16.6 Å². The number of fused-ring (bicyclic) bond motifs is 1. The third-order valence-corrected chi connectivity index (χ3v) is 4.58. The van der Waals surface area contributed by atoms with E-state index in [1.165, 1.54) is 12.3 Å². The van der Waals surface area contributed by atoms with Gasteiger partial charge in [0.1, 0.15) is 23.3 Å². The lowest BCUT2D eigenvalue weighted by atomic mass is 10.2. The highest BCUT2D eigenvalue weighted by Crippen LogP contribution is 2.35. The summed E-state index contributed by atoms with van der Waals surface area (Å²) in [5, 5.41) is 3.30. The fourth-order valence-electron chi connectivity index (χ4n) is 2.25. The SMILES string of the molecule is O=S(Nc1cnn(C(F)(F)F)c1OCl)c1c[nH]c2cc(OC(F)(F)F)ccc12. The summed E-state index contributed by atoms with van der Waals surface area (Å²) in [6, 6.07) is 3.23. The van der Waals surface area contributed by atoms with E-state index in [1.54, 1.807) is 0 Å². The molecule has 1 aromatic carbocycles. The van der Waals surface area contributed by atoms with Crippen molar-refractivity contribution in [1.29, 1.82) is 0 Å². The normalized spacial score (nSPS) is 13.5. The fourth-order valence-corrected chi connectivity index (χ4v) is 3.39. The molecule has 0 amide bonds. The second-order valence-electron chi connectivity index (χ2n) is 5.10. The van der Waals surface area contributed by atoms with E-state index >= 15 is 0 Å². The van der Waals surface area contributed by atoms with E-state index in [0.29, 0.717) is 6.20 Å². The number of aromatic amines is 1. The average Bonchev–Trinajstić information content (AvgIpc) is 3.16. The van der Waals surface area contributed by atoms with E-state index in [9.17, 15) is 30.6 Å². The largest absolute Gasteiger partial charge is 0.573 e. The summed E-state index contributed by atoms with van der Waals surface area (Å²) in [5.41, 5.74) is -0.260. The number of halogens is 7. The van der Waals surface area contributed by atoms with Crippen LogP contribution in [-0.2, 0) is 17.3 Å². The van der Waals surface area contributed by atoms with Crippen LogP contribution in [0, 0.1) is 0 Å². The minimum atomic E-state index is -4.93. The molecular weight excluding hydrogens is 442 g/mol. The molecule has 15 heteroatoms. The number of hydrogen-bond acceptors (Lipinski definition) is 4. The number of anilines is 1. The first-order valence-corrected chi connectivity index (χ1v) is 8.44. The molecule has 0 aliphatic heterocycles. The standard InChI is InChI=1S/C13H7ClF6N4O3S/c14-27-11-9(4-22-24(11)12(15,16)17)23-28(25)10-5-21-8-3-6(1-2-7(8)10)26-13(18,19)20/h1-5,21,23H. The molecule has 0 saturated heterocycles. The van der Waals surface area contributed by atoms with Crippen LogP contribution in [-0.4, -0.2) is 25.3 Å². The zero-order chi connectivity index (χ0) is 20.7. The number of aromatic nitrogens is 3. The lowest BCUT2D eigenvalue weighted by Crippen LogP contribution is -2.18. The maximum atomic E-state index is 12.8. The van der Waals surface area contributed by atoms with Crippen molar-refractivity contribution in [2.45, 2.75) is 17.6 Å². The Labute approximate surface area is 158 Å². The van der Waals surface area contributed by atoms with Crippen LogP contribution in [0.5, 0.6) is 11.6 Å². The molecule has 2 N–H and O–H groups in total. The third kappa shape index (κ3) is 4.11. The van der Waals surface area contributed by atoms with Gasteiger partial charge in [0.15, 0.2) is 11.0 Å². The van der Waals surface area contributed by atoms with Crippen LogP contribution in [0.15, 0.2) is 35.5 Å². The van der Waals surface area contributed by atoms with Gasteiger partial charge in [0.25, 0.3) is 5.88 Å². The van der Waals surface area contributed by atoms with Crippen molar-refractivity contribution < 1.29 is 39.6 Å². The molecule has 1 unspecified atom stereocenters. The predicted octanol–water partition coefficient (Wildman–Crippen LogP) is 4.41. The summed E-state index contributed by atoms with van der Waals surface area (Å²) in [4.78, 5) is 2.65. The van der Waals surface area contributed by atoms with Gasteiger partial charge in [-0.3, -0.25) is 4.72 Å². The summed E-state index contributed by atoms with van der Waals surface area (Å²) in [5.74, 6) is -1.44. The second-order valence-corrected chi connectivity index (χ2v) is 6.43. The summed E-state index contributed by atoms with van der Waals surface area (Å²) in [6.07, 6.45) is -7.90. The van der Waals surface area contributed by atoms with Crippen LogP contribution in [0.25, 0.3) is 10.9 Å². The molecule has 0 aliphatic rings. The van der Waals surface area contributed by atoms with Crippen molar-refractivity contribution in [3.05, 3.63) is 30.6 Å². The Morgan fingerprint density at radius 1 is 1.21 bits per heavy atom. The van der Waals surface area contributed by atoms with E-state index in [-0.39, 0.29) is 15.8 Å². The topological polar surface area (TPSA) is 81.2 Å². The van der Waals surface area contributed by atoms with Crippen molar-refractivity contribution in [3.8, 4) is 11.6 Å². The first-order chi connectivity index (χ1) is 13.0.